The standard InChI is InChI=1S/C15H23N3O2/c1-11(2)14(15(20)17-9-8-16)18-13(19)10-12-6-4-3-5-7-12/h3-7,11,14H,8-10,16H2,1-2H3,(H,17,20)(H,18,19). The van der Waals surface area contributed by atoms with Crippen LogP contribution in [0.25, 0.3) is 0 Å². The van der Waals surface area contributed by atoms with Crippen LogP contribution in [0, 0.1) is 5.92 Å². The first-order valence-corrected chi connectivity index (χ1v) is 6.85. The summed E-state index contributed by atoms with van der Waals surface area (Å²) in [4.78, 5) is 23.9. The molecule has 4 N–H and O–H groups in total. The maximum Gasteiger partial charge on any atom is 0.242 e. The highest BCUT2D eigenvalue weighted by Gasteiger charge is 2.23. The molecule has 110 valence electrons. The van der Waals surface area contributed by atoms with Crippen LogP contribution < -0.4 is 16.4 Å². The van der Waals surface area contributed by atoms with Crippen LogP contribution in [0.5, 0.6) is 0 Å². The van der Waals surface area contributed by atoms with E-state index in [1.54, 1.807) is 0 Å². The Hall–Kier alpha value is -1.88. The van der Waals surface area contributed by atoms with Crippen LogP contribution in [-0.4, -0.2) is 30.9 Å². The largest absolute Gasteiger partial charge is 0.353 e. The smallest absolute Gasteiger partial charge is 0.242 e. The summed E-state index contributed by atoms with van der Waals surface area (Å²) in [6.45, 7) is 4.59. The van der Waals surface area contributed by atoms with Crippen LogP contribution in [0.2, 0.25) is 0 Å². The van der Waals surface area contributed by atoms with Crippen molar-refractivity contribution in [1.82, 2.24) is 10.6 Å². The second-order valence-electron chi connectivity index (χ2n) is 5.03. The molecule has 1 aromatic carbocycles. The molecule has 1 unspecified atom stereocenters. The van der Waals surface area contributed by atoms with Gasteiger partial charge in [-0.15, -0.1) is 0 Å². The van der Waals surface area contributed by atoms with Gasteiger partial charge >= 0.3 is 0 Å². The van der Waals surface area contributed by atoms with E-state index >= 15 is 0 Å². The van der Waals surface area contributed by atoms with Crippen molar-refractivity contribution in [3.8, 4) is 0 Å². The average molecular weight is 277 g/mol. The number of carbonyl (C=O) groups excluding carboxylic acids is 2. The normalized spacial score (nSPS) is 12.0. The molecular formula is C15H23N3O2. The Morgan fingerprint density at radius 3 is 2.40 bits per heavy atom. The van der Waals surface area contributed by atoms with E-state index < -0.39 is 6.04 Å². The summed E-state index contributed by atoms with van der Waals surface area (Å²) in [5.74, 6) is -0.322. The van der Waals surface area contributed by atoms with Crippen LogP contribution in [0.15, 0.2) is 30.3 Å². The number of nitrogens with two attached hydrogens (primary N) is 1. The second kappa shape index (κ2) is 8.32. The molecule has 0 saturated heterocycles. The Labute approximate surface area is 119 Å². The van der Waals surface area contributed by atoms with Gasteiger partial charge in [0.15, 0.2) is 0 Å². The molecule has 0 fully saturated rings. The molecule has 0 aliphatic rings. The number of benzene rings is 1. The van der Waals surface area contributed by atoms with Gasteiger partial charge in [-0.3, -0.25) is 9.59 Å². The van der Waals surface area contributed by atoms with Gasteiger partial charge < -0.3 is 16.4 Å². The lowest BCUT2D eigenvalue weighted by Gasteiger charge is -2.21. The van der Waals surface area contributed by atoms with E-state index in [9.17, 15) is 9.59 Å². The minimum Gasteiger partial charge on any atom is -0.353 e. The molecule has 0 heterocycles. The molecule has 1 rings (SSSR count). The summed E-state index contributed by atoms with van der Waals surface area (Å²) in [7, 11) is 0. The van der Waals surface area contributed by atoms with Crippen molar-refractivity contribution < 1.29 is 9.59 Å². The van der Waals surface area contributed by atoms with Crippen LogP contribution in [0.1, 0.15) is 19.4 Å². The van der Waals surface area contributed by atoms with Gasteiger partial charge in [0.1, 0.15) is 6.04 Å². The highest BCUT2D eigenvalue weighted by molar-refractivity contribution is 5.88. The molecule has 5 nitrogen and oxygen atoms in total. The zero-order valence-electron chi connectivity index (χ0n) is 12.1. The van der Waals surface area contributed by atoms with Crippen molar-refractivity contribution in [2.24, 2.45) is 11.7 Å². The van der Waals surface area contributed by atoms with Crippen LogP contribution in [0.4, 0.5) is 0 Å². The van der Waals surface area contributed by atoms with Crippen LogP contribution in [0.3, 0.4) is 0 Å². The summed E-state index contributed by atoms with van der Waals surface area (Å²) < 4.78 is 0. The highest BCUT2D eigenvalue weighted by Crippen LogP contribution is 2.04. The molecule has 0 bridgehead atoms. The van der Waals surface area contributed by atoms with Crippen molar-refractivity contribution in [3.63, 3.8) is 0 Å². The third kappa shape index (κ3) is 5.40. The van der Waals surface area contributed by atoms with Gasteiger partial charge in [-0.05, 0) is 11.5 Å². The number of hydrogen-bond acceptors (Lipinski definition) is 3. The zero-order valence-corrected chi connectivity index (χ0v) is 12.1. The lowest BCUT2D eigenvalue weighted by molar-refractivity contribution is -0.129. The first-order chi connectivity index (χ1) is 9.54. The number of nitrogens with one attached hydrogen (secondary N) is 2. The SMILES string of the molecule is CC(C)C(NC(=O)Cc1ccccc1)C(=O)NCCN. The third-order valence-electron chi connectivity index (χ3n) is 2.92. The number of amides is 2. The monoisotopic (exact) mass is 277 g/mol. The fourth-order valence-electron chi connectivity index (χ4n) is 1.85. The summed E-state index contributed by atoms with van der Waals surface area (Å²) in [5, 5.41) is 5.49. The highest BCUT2D eigenvalue weighted by atomic mass is 16.2. The first kappa shape index (κ1) is 16.2. The molecule has 0 aliphatic heterocycles. The molecule has 0 aromatic heterocycles. The molecule has 0 saturated carbocycles. The lowest BCUT2D eigenvalue weighted by Crippen LogP contribution is -2.50. The van der Waals surface area contributed by atoms with Gasteiger partial charge in [-0.2, -0.15) is 0 Å². The lowest BCUT2D eigenvalue weighted by atomic mass is 10.0. The summed E-state index contributed by atoms with van der Waals surface area (Å²) in [5.41, 5.74) is 6.28. The quantitative estimate of drug-likeness (QED) is 0.676. The Morgan fingerprint density at radius 2 is 1.85 bits per heavy atom. The molecule has 20 heavy (non-hydrogen) atoms. The molecule has 0 spiro atoms. The van der Waals surface area contributed by atoms with E-state index in [0.29, 0.717) is 13.1 Å². The topological polar surface area (TPSA) is 84.2 Å². The number of carbonyl (C=O) groups is 2. The molecule has 1 aromatic rings. The molecule has 0 radical (unpaired) electrons. The van der Waals surface area contributed by atoms with Gasteiger partial charge in [0.2, 0.25) is 11.8 Å². The number of rotatable bonds is 7. The van der Waals surface area contributed by atoms with Gasteiger partial charge in [0.05, 0.1) is 6.42 Å². The first-order valence-electron chi connectivity index (χ1n) is 6.85. The van der Waals surface area contributed by atoms with Crippen LogP contribution in [-0.2, 0) is 16.0 Å². The molecule has 1 atom stereocenters. The average Bonchev–Trinajstić information content (AvgIpc) is 2.43. The maximum atomic E-state index is 12.0. The van der Waals surface area contributed by atoms with E-state index in [0.717, 1.165) is 5.56 Å². The summed E-state index contributed by atoms with van der Waals surface area (Å²) >= 11 is 0. The Morgan fingerprint density at radius 1 is 1.20 bits per heavy atom. The van der Waals surface area contributed by atoms with E-state index in [2.05, 4.69) is 10.6 Å². The molecular weight excluding hydrogens is 254 g/mol. The third-order valence-corrected chi connectivity index (χ3v) is 2.92. The van der Waals surface area contributed by atoms with Crippen molar-refractivity contribution in [3.05, 3.63) is 35.9 Å². The van der Waals surface area contributed by atoms with Gasteiger partial charge in [0, 0.05) is 13.1 Å². The van der Waals surface area contributed by atoms with E-state index in [1.165, 1.54) is 0 Å². The van der Waals surface area contributed by atoms with E-state index in [-0.39, 0.29) is 24.2 Å². The van der Waals surface area contributed by atoms with E-state index in [4.69, 9.17) is 5.73 Å². The number of hydrogen-bond donors (Lipinski definition) is 3. The Kier molecular flexibility index (Phi) is 6.73. The van der Waals surface area contributed by atoms with E-state index in [1.807, 2.05) is 44.2 Å². The Bertz CT molecular complexity index is 432. The van der Waals surface area contributed by atoms with Crippen molar-refractivity contribution >= 4 is 11.8 Å². The molecule has 2 amide bonds. The van der Waals surface area contributed by atoms with Crippen molar-refractivity contribution in [1.29, 1.82) is 0 Å². The molecule has 5 heteroatoms. The minimum atomic E-state index is -0.530. The zero-order chi connectivity index (χ0) is 15.0. The van der Waals surface area contributed by atoms with Crippen molar-refractivity contribution in [2.45, 2.75) is 26.3 Å². The van der Waals surface area contributed by atoms with Crippen molar-refractivity contribution in [2.75, 3.05) is 13.1 Å². The fraction of sp³-hybridized carbons (Fsp3) is 0.467. The molecule has 0 aliphatic carbocycles. The van der Waals surface area contributed by atoms with Gasteiger partial charge in [0.25, 0.3) is 0 Å². The predicted molar refractivity (Wildman–Crippen MR) is 79.0 cm³/mol. The maximum absolute atomic E-state index is 12.0. The van der Waals surface area contributed by atoms with Crippen LogP contribution >= 0.6 is 0 Å². The van der Waals surface area contributed by atoms with Gasteiger partial charge in [-0.1, -0.05) is 44.2 Å². The predicted octanol–water partition coefficient (Wildman–Crippen LogP) is 0.445. The summed E-state index contributed by atoms with van der Waals surface area (Å²) in [6, 6.07) is 8.92. The summed E-state index contributed by atoms with van der Waals surface area (Å²) in [6.07, 6.45) is 0.272. The second-order valence-corrected chi connectivity index (χ2v) is 5.03. The fourth-order valence-corrected chi connectivity index (χ4v) is 1.85. The van der Waals surface area contributed by atoms with Gasteiger partial charge in [-0.25, -0.2) is 0 Å². The minimum absolute atomic E-state index is 0.0208. The Balaban J connectivity index is 2.57.